The normalized spacial score (nSPS) is 11.4. The van der Waals surface area contributed by atoms with Gasteiger partial charge in [0.25, 0.3) is 0 Å². The fraction of sp³-hybridized carbons (Fsp3) is 0.333. The SMILES string of the molecule is CS(=O)(=O)Cc1cncnc1. The molecule has 1 rings (SSSR count). The van der Waals surface area contributed by atoms with Crippen molar-refractivity contribution in [3.05, 3.63) is 24.3 Å². The van der Waals surface area contributed by atoms with Gasteiger partial charge in [-0.3, -0.25) is 0 Å². The number of nitrogens with zero attached hydrogens (tertiary/aromatic N) is 2. The molecule has 1 heterocycles. The highest BCUT2D eigenvalue weighted by Gasteiger charge is 2.03. The molecule has 0 unspecified atom stereocenters. The Labute approximate surface area is 65.2 Å². The number of hydrogen-bond donors (Lipinski definition) is 0. The van der Waals surface area contributed by atoms with Crippen LogP contribution in [0.25, 0.3) is 0 Å². The minimum Gasteiger partial charge on any atom is -0.245 e. The van der Waals surface area contributed by atoms with Crippen molar-refractivity contribution in [1.82, 2.24) is 9.97 Å². The maximum atomic E-state index is 10.7. The van der Waals surface area contributed by atoms with Gasteiger partial charge in [0.05, 0.1) is 5.75 Å². The summed E-state index contributed by atoms with van der Waals surface area (Å²) in [4.78, 5) is 7.39. The summed E-state index contributed by atoms with van der Waals surface area (Å²) in [6.07, 6.45) is 5.54. The first-order chi connectivity index (χ1) is 5.08. The van der Waals surface area contributed by atoms with Crippen LogP contribution in [0.5, 0.6) is 0 Å². The molecule has 0 radical (unpaired) electrons. The van der Waals surface area contributed by atoms with Crippen LogP contribution >= 0.6 is 0 Å². The van der Waals surface area contributed by atoms with Crippen LogP contribution in [0.1, 0.15) is 5.56 Å². The van der Waals surface area contributed by atoms with Crippen molar-refractivity contribution in [3.63, 3.8) is 0 Å². The largest absolute Gasteiger partial charge is 0.245 e. The highest BCUT2D eigenvalue weighted by atomic mass is 32.2. The van der Waals surface area contributed by atoms with E-state index in [2.05, 4.69) is 9.97 Å². The average molecular weight is 172 g/mol. The van der Waals surface area contributed by atoms with Crippen molar-refractivity contribution in [3.8, 4) is 0 Å². The summed E-state index contributed by atoms with van der Waals surface area (Å²) >= 11 is 0. The van der Waals surface area contributed by atoms with Crippen LogP contribution in [0.3, 0.4) is 0 Å². The van der Waals surface area contributed by atoms with Gasteiger partial charge in [0.15, 0.2) is 9.84 Å². The van der Waals surface area contributed by atoms with Crippen LogP contribution < -0.4 is 0 Å². The summed E-state index contributed by atoms with van der Waals surface area (Å²) in [6.45, 7) is 0. The Morgan fingerprint density at radius 3 is 2.36 bits per heavy atom. The molecular weight excluding hydrogens is 164 g/mol. The zero-order valence-corrected chi connectivity index (χ0v) is 6.87. The molecule has 60 valence electrons. The van der Waals surface area contributed by atoms with Gasteiger partial charge >= 0.3 is 0 Å². The van der Waals surface area contributed by atoms with Gasteiger partial charge in [-0.1, -0.05) is 0 Å². The highest BCUT2D eigenvalue weighted by Crippen LogP contribution is 1.99. The van der Waals surface area contributed by atoms with Gasteiger partial charge in [0.2, 0.25) is 0 Å². The molecule has 4 nitrogen and oxygen atoms in total. The van der Waals surface area contributed by atoms with Crippen molar-refractivity contribution in [2.24, 2.45) is 0 Å². The van der Waals surface area contributed by atoms with E-state index in [4.69, 9.17) is 0 Å². The van der Waals surface area contributed by atoms with E-state index in [0.29, 0.717) is 5.56 Å². The lowest BCUT2D eigenvalue weighted by atomic mass is 10.4. The predicted molar refractivity (Wildman–Crippen MR) is 40.6 cm³/mol. The van der Waals surface area contributed by atoms with Gasteiger partial charge in [-0.25, -0.2) is 18.4 Å². The smallest absolute Gasteiger partial charge is 0.151 e. The van der Waals surface area contributed by atoms with Gasteiger partial charge in [-0.05, 0) is 0 Å². The first-order valence-corrected chi connectivity index (χ1v) is 5.05. The van der Waals surface area contributed by atoms with Gasteiger partial charge in [0, 0.05) is 24.2 Å². The van der Waals surface area contributed by atoms with E-state index in [1.807, 2.05) is 0 Å². The van der Waals surface area contributed by atoms with Gasteiger partial charge in [-0.15, -0.1) is 0 Å². The third-order valence-corrected chi connectivity index (χ3v) is 1.90. The van der Waals surface area contributed by atoms with Gasteiger partial charge in [-0.2, -0.15) is 0 Å². The Kier molecular flexibility index (Phi) is 2.19. The van der Waals surface area contributed by atoms with E-state index in [9.17, 15) is 8.42 Å². The molecule has 0 saturated carbocycles. The molecule has 0 saturated heterocycles. The third-order valence-electron chi connectivity index (χ3n) is 1.04. The summed E-state index contributed by atoms with van der Waals surface area (Å²) < 4.78 is 21.5. The second kappa shape index (κ2) is 2.96. The molecule has 0 fully saturated rings. The Bertz CT molecular complexity index is 320. The molecule has 0 N–H and O–H groups in total. The van der Waals surface area contributed by atoms with Crippen molar-refractivity contribution in [2.75, 3.05) is 6.26 Å². The summed E-state index contributed by atoms with van der Waals surface area (Å²) in [5.74, 6) is 0.00778. The lowest BCUT2D eigenvalue weighted by molar-refractivity contribution is 0.601. The molecule has 5 heteroatoms. The summed E-state index contributed by atoms with van der Waals surface area (Å²) in [5, 5.41) is 0. The number of rotatable bonds is 2. The minimum atomic E-state index is -2.96. The summed E-state index contributed by atoms with van der Waals surface area (Å²) in [5.41, 5.74) is 0.620. The van der Waals surface area contributed by atoms with Crippen molar-refractivity contribution in [2.45, 2.75) is 5.75 Å². The second-order valence-electron chi connectivity index (χ2n) is 2.32. The van der Waals surface area contributed by atoms with E-state index < -0.39 is 9.84 Å². The van der Waals surface area contributed by atoms with Crippen LogP contribution in [0.2, 0.25) is 0 Å². The first kappa shape index (κ1) is 8.13. The van der Waals surface area contributed by atoms with Gasteiger partial charge < -0.3 is 0 Å². The maximum Gasteiger partial charge on any atom is 0.151 e. The van der Waals surface area contributed by atoms with Crippen LogP contribution in [-0.4, -0.2) is 24.6 Å². The van der Waals surface area contributed by atoms with Crippen LogP contribution in [0.4, 0.5) is 0 Å². The Morgan fingerprint density at radius 1 is 1.36 bits per heavy atom. The molecule has 0 aliphatic rings. The molecule has 0 bridgehead atoms. The third kappa shape index (κ3) is 3.08. The molecule has 1 aromatic rings. The molecule has 0 atom stereocenters. The fourth-order valence-corrected chi connectivity index (χ4v) is 1.46. The van der Waals surface area contributed by atoms with E-state index >= 15 is 0 Å². The quantitative estimate of drug-likeness (QED) is 0.631. The monoisotopic (exact) mass is 172 g/mol. The molecule has 0 aliphatic carbocycles. The number of aromatic nitrogens is 2. The molecule has 0 aliphatic heterocycles. The van der Waals surface area contributed by atoms with E-state index in [0.717, 1.165) is 0 Å². The number of sulfone groups is 1. The van der Waals surface area contributed by atoms with Crippen LogP contribution in [0.15, 0.2) is 18.7 Å². The minimum absolute atomic E-state index is 0.00778. The molecule has 1 aromatic heterocycles. The molecule has 0 spiro atoms. The molecular formula is C6H8N2O2S. The average Bonchev–Trinajstić information content (AvgIpc) is 1.85. The summed E-state index contributed by atoms with van der Waals surface area (Å²) in [6, 6.07) is 0. The van der Waals surface area contributed by atoms with E-state index in [-0.39, 0.29) is 5.75 Å². The summed E-state index contributed by atoms with van der Waals surface area (Å²) in [7, 11) is -2.96. The van der Waals surface area contributed by atoms with Crippen molar-refractivity contribution < 1.29 is 8.42 Å². The topological polar surface area (TPSA) is 59.9 Å². The lowest BCUT2D eigenvalue weighted by Gasteiger charge is -1.95. The first-order valence-electron chi connectivity index (χ1n) is 2.99. The molecule has 11 heavy (non-hydrogen) atoms. The zero-order valence-electron chi connectivity index (χ0n) is 6.06. The van der Waals surface area contributed by atoms with Crippen molar-refractivity contribution in [1.29, 1.82) is 0 Å². The highest BCUT2D eigenvalue weighted by molar-refractivity contribution is 7.89. The zero-order chi connectivity index (χ0) is 8.32. The maximum absolute atomic E-state index is 10.7. The van der Waals surface area contributed by atoms with E-state index in [1.165, 1.54) is 25.0 Å². The number of hydrogen-bond acceptors (Lipinski definition) is 4. The Hall–Kier alpha value is -0.970. The van der Waals surface area contributed by atoms with Gasteiger partial charge in [0.1, 0.15) is 6.33 Å². The van der Waals surface area contributed by atoms with E-state index in [1.54, 1.807) is 0 Å². The van der Waals surface area contributed by atoms with Crippen molar-refractivity contribution >= 4 is 9.84 Å². The Morgan fingerprint density at radius 2 is 1.91 bits per heavy atom. The standard InChI is InChI=1S/C6H8N2O2S/c1-11(9,10)4-6-2-7-5-8-3-6/h2-3,5H,4H2,1H3. The van der Waals surface area contributed by atoms with Crippen LogP contribution in [0, 0.1) is 0 Å². The lowest BCUT2D eigenvalue weighted by Crippen LogP contribution is -2.01. The Balaban J connectivity index is 2.82. The van der Waals surface area contributed by atoms with Crippen LogP contribution in [-0.2, 0) is 15.6 Å². The predicted octanol–water partition coefficient (Wildman–Crippen LogP) is 0.0212. The second-order valence-corrected chi connectivity index (χ2v) is 4.46. The fourth-order valence-electron chi connectivity index (χ4n) is 0.707. The molecule has 0 amide bonds. The molecule has 0 aromatic carbocycles.